The van der Waals surface area contributed by atoms with Crippen LogP contribution in [0.3, 0.4) is 0 Å². The van der Waals surface area contributed by atoms with Crippen molar-refractivity contribution in [3.8, 4) is 5.75 Å². The summed E-state index contributed by atoms with van der Waals surface area (Å²) in [5, 5.41) is 8.58. The zero-order valence-electron chi connectivity index (χ0n) is 16.5. The van der Waals surface area contributed by atoms with E-state index in [2.05, 4.69) is 27.5 Å². The minimum Gasteiger partial charge on any atom is -0.496 e. The Morgan fingerprint density at radius 3 is 2.79 bits per heavy atom. The number of hydrogen-bond acceptors (Lipinski definition) is 5. The van der Waals surface area contributed by atoms with Gasteiger partial charge in [0.2, 0.25) is 0 Å². The van der Waals surface area contributed by atoms with Gasteiger partial charge in [0, 0.05) is 53.9 Å². The molecular weight excluding hydrogens is 396 g/mol. The van der Waals surface area contributed by atoms with Gasteiger partial charge in [-0.05, 0) is 38.0 Å². The Hall–Kier alpha value is -1.83. The van der Waals surface area contributed by atoms with Crippen molar-refractivity contribution in [2.75, 3.05) is 33.9 Å². The second-order valence-corrected chi connectivity index (χ2v) is 8.64. The molecule has 0 atom stereocenters. The minimum absolute atomic E-state index is 0.135. The van der Waals surface area contributed by atoms with E-state index in [-0.39, 0.29) is 5.41 Å². The monoisotopic (exact) mass is 422 g/mol. The third-order valence-corrected chi connectivity index (χ3v) is 6.22. The van der Waals surface area contributed by atoms with E-state index < -0.39 is 0 Å². The molecule has 152 valence electrons. The van der Waals surface area contributed by atoms with Crippen LogP contribution in [0.15, 0.2) is 29.4 Å². The Kier molecular flexibility index (Phi) is 7.15. The normalized spacial score (nSPS) is 16.6. The predicted molar refractivity (Wildman–Crippen MR) is 115 cm³/mol. The predicted octanol–water partition coefficient (Wildman–Crippen LogP) is 3.53. The van der Waals surface area contributed by atoms with E-state index in [1.165, 1.54) is 4.88 Å². The molecule has 1 aliphatic heterocycles. The van der Waals surface area contributed by atoms with Crippen LogP contribution in [0, 0.1) is 6.92 Å². The van der Waals surface area contributed by atoms with Gasteiger partial charge >= 0.3 is 0 Å². The van der Waals surface area contributed by atoms with Crippen LogP contribution in [-0.4, -0.2) is 44.9 Å². The van der Waals surface area contributed by atoms with Gasteiger partial charge in [0.15, 0.2) is 5.96 Å². The topological polar surface area (TPSA) is 67.8 Å². The van der Waals surface area contributed by atoms with Crippen LogP contribution in [0.5, 0.6) is 5.75 Å². The lowest BCUT2D eigenvalue weighted by Gasteiger charge is -2.39. The number of aromatic nitrogens is 1. The average molecular weight is 423 g/mol. The van der Waals surface area contributed by atoms with Crippen molar-refractivity contribution in [1.29, 1.82) is 0 Å². The second-order valence-electron chi connectivity index (χ2n) is 6.88. The van der Waals surface area contributed by atoms with Crippen molar-refractivity contribution in [2.24, 2.45) is 4.99 Å². The molecule has 6 nitrogen and oxygen atoms in total. The molecule has 28 heavy (non-hydrogen) atoms. The summed E-state index contributed by atoms with van der Waals surface area (Å²) in [5.74, 6) is 1.61. The first-order valence-corrected chi connectivity index (χ1v) is 10.5. The Balaban J connectivity index is 1.74. The molecule has 2 aromatic rings. The second kappa shape index (κ2) is 9.58. The third kappa shape index (κ3) is 4.96. The molecule has 0 bridgehead atoms. The maximum atomic E-state index is 6.32. The van der Waals surface area contributed by atoms with Crippen molar-refractivity contribution in [2.45, 2.75) is 31.7 Å². The number of ether oxygens (including phenoxy) is 2. The zero-order chi connectivity index (χ0) is 20.0. The Bertz CT molecular complexity index is 818. The summed E-state index contributed by atoms with van der Waals surface area (Å²) in [6.45, 7) is 4.84. The van der Waals surface area contributed by atoms with E-state index in [4.69, 9.17) is 21.1 Å². The number of thiazole rings is 1. The number of methoxy groups -OCH3 is 1. The van der Waals surface area contributed by atoms with E-state index in [0.29, 0.717) is 31.3 Å². The van der Waals surface area contributed by atoms with Crippen LogP contribution in [0.25, 0.3) is 0 Å². The smallest absolute Gasteiger partial charge is 0.191 e. The highest BCUT2D eigenvalue weighted by molar-refractivity contribution is 7.11. The van der Waals surface area contributed by atoms with Gasteiger partial charge in [0.05, 0.1) is 13.7 Å². The highest BCUT2D eigenvalue weighted by Gasteiger charge is 2.37. The molecular formula is C20H27ClN4O2S. The Morgan fingerprint density at radius 1 is 1.36 bits per heavy atom. The van der Waals surface area contributed by atoms with Gasteiger partial charge in [0.1, 0.15) is 10.8 Å². The third-order valence-electron chi connectivity index (χ3n) is 5.08. The van der Waals surface area contributed by atoms with Gasteiger partial charge < -0.3 is 20.1 Å². The molecule has 3 rings (SSSR count). The quantitative estimate of drug-likeness (QED) is 0.550. The van der Waals surface area contributed by atoms with Gasteiger partial charge in [-0.3, -0.25) is 4.99 Å². The molecule has 0 spiro atoms. The zero-order valence-corrected chi connectivity index (χ0v) is 18.1. The molecule has 8 heteroatoms. The lowest BCUT2D eigenvalue weighted by Crippen LogP contribution is -2.48. The average Bonchev–Trinajstić information content (AvgIpc) is 3.14. The number of nitrogens with zero attached hydrogens (tertiary/aromatic N) is 2. The number of halogens is 1. The molecule has 0 aliphatic carbocycles. The SMILES string of the molecule is CN=C(NCc1ncc(C)s1)NCC1(c2cc(Cl)ccc2OC)CCOCC1. The number of nitrogens with one attached hydrogen (secondary N) is 2. The standard InChI is InChI=1S/C20H27ClN4O2S/c1-14-11-23-18(28-14)12-24-19(22-2)25-13-20(6-8-27-9-7-20)16-10-15(21)4-5-17(16)26-3/h4-5,10-11H,6-9,12-13H2,1-3H3,(H2,22,24,25). The fourth-order valence-corrected chi connectivity index (χ4v) is 4.41. The fraction of sp³-hybridized carbons (Fsp3) is 0.500. The highest BCUT2D eigenvalue weighted by Crippen LogP contribution is 2.40. The fourth-order valence-electron chi connectivity index (χ4n) is 3.51. The van der Waals surface area contributed by atoms with E-state index in [1.807, 2.05) is 24.4 Å². The summed E-state index contributed by atoms with van der Waals surface area (Å²) in [7, 11) is 3.47. The lowest BCUT2D eigenvalue weighted by molar-refractivity contribution is 0.0505. The summed E-state index contributed by atoms with van der Waals surface area (Å²) in [6.07, 6.45) is 3.67. The molecule has 1 aromatic carbocycles. The molecule has 1 saturated heterocycles. The van der Waals surface area contributed by atoms with Crippen LogP contribution >= 0.6 is 22.9 Å². The number of benzene rings is 1. The largest absolute Gasteiger partial charge is 0.496 e. The highest BCUT2D eigenvalue weighted by atomic mass is 35.5. The number of aliphatic imine (C=N–C) groups is 1. The van der Waals surface area contributed by atoms with Crippen LogP contribution in [0.1, 0.15) is 28.3 Å². The molecule has 1 fully saturated rings. The van der Waals surface area contributed by atoms with Crippen molar-refractivity contribution in [3.63, 3.8) is 0 Å². The van der Waals surface area contributed by atoms with Gasteiger partial charge in [-0.1, -0.05) is 11.6 Å². The number of guanidine groups is 1. The molecule has 0 unspecified atom stereocenters. The first-order valence-electron chi connectivity index (χ1n) is 9.34. The first kappa shape index (κ1) is 20.9. The van der Waals surface area contributed by atoms with Crippen LogP contribution in [-0.2, 0) is 16.7 Å². The molecule has 0 amide bonds. The molecule has 1 aliphatic rings. The van der Waals surface area contributed by atoms with E-state index >= 15 is 0 Å². The summed E-state index contributed by atoms with van der Waals surface area (Å²) in [6, 6.07) is 5.81. The van der Waals surface area contributed by atoms with Gasteiger partial charge in [-0.15, -0.1) is 11.3 Å². The van der Waals surface area contributed by atoms with Gasteiger partial charge in [-0.25, -0.2) is 4.98 Å². The van der Waals surface area contributed by atoms with E-state index in [1.54, 1.807) is 25.5 Å². The summed E-state index contributed by atoms with van der Waals surface area (Å²) >= 11 is 8.00. The summed E-state index contributed by atoms with van der Waals surface area (Å²) in [5.41, 5.74) is 0.980. The molecule has 0 radical (unpaired) electrons. The number of aryl methyl sites for hydroxylation is 1. The Morgan fingerprint density at radius 2 is 2.14 bits per heavy atom. The van der Waals surface area contributed by atoms with Gasteiger partial charge in [-0.2, -0.15) is 0 Å². The number of hydrogen-bond donors (Lipinski definition) is 2. The number of rotatable bonds is 6. The summed E-state index contributed by atoms with van der Waals surface area (Å²) in [4.78, 5) is 9.96. The van der Waals surface area contributed by atoms with Crippen LogP contribution in [0.4, 0.5) is 0 Å². The van der Waals surface area contributed by atoms with Crippen molar-refractivity contribution in [1.82, 2.24) is 15.6 Å². The van der Waals surface area contributed by atoms with Crippen LogP contribution in [0.2, 0.25) is 5.02 Å². The molecule has 2 heterocycles. The van der Waals surface area contributed by atoms with Crippen molar-refractivity contribution < 1.29 is 9.47 Å². The molecule has 2 N–H and O–H groups in total. The van der Waals surface area contributed by atoms with Crippen molar-refractivity contribution in [3.05, 3.63) is 44.9 Å². The van der Waals surface area contributed by atoms with E-state index in [9.17, 15) is 0 Å². The Labute approximate surface area is 175 Å². The molecule has 1 aromatic heterocycles. The minimum atomic E-state index is -0.135. The first-order chi connectivity index (χ1) is 13.6. The van der Waals surface area contributed by atoms with E-state index in [0.717, 1.165) is 35.1 Å². The summed E-state index contributed by atoms with van der Waals surface area (Å²) < 4.78 is 11.3. The maximum absolute atomic E-state index is 6.32. The van der Waals surface area contributed by atoms with Gasteiger partial charge in [0.25, 0.3) is 0 Å². The molecule has 0 saturated carbocycles. The lowest BCUT2D eigenvalue weighted by atomic mass is 9.73. The van der Waals surface area contributed by atoms with Crippen LogP contribution < -0.4 is 15.4 Å². The van der Waals surface area contributed by atoms with Crippen molar-refractivity contribution >= 4 is 28.9 Å². The maximum Gasteiger partial charge on any atom is 0.191 e.